The van der Waals surface area contributed by atoms with Crippen LogP contribution in [0.5, 0.6) is 0 Å². The number of hydrogen-bond donors (Lipinski definition) is 2. The van der Waals surface area contributed by atoms with Crippen LogP contribution in [0.4, 0.5) is 0 Å². The first-order valence-corrected chi connectivity index (χ1v) is 6.69. The van der Waals surface area contributed by atoms with Crippen molar-refractivity contribution in [3.8, 4) is 0 Å². The lowest BCUT2D eigenvalue weighted by atomic mass is 10.1. The third-order valence-corrected chi connectivity index (χ3v) is 3.52. The number of rotatable bonds is 5. The number of hydrogen-bond acceptors (Lipinski definition) is 4. The summed E-state index contributed by atoms with van der Waals surface area (Å²) in [5.74, 6) is -0.277. The molecule has 2 amide bonds. The van der Waals surface area contributed by atoms with E-state index in [1.807, 2.05) is 37.3 Å². The number of benzene rings is 1. The van der Waals surface area contributed by atoms with Gasteiger partial charge in [-0.05, 0) is 19.1 Å². The van der Waals surface area contributed by atoms with E-state index in [2.05, 4.69) is 0 Å². The molecule has 0 aliphatic rings. The smallest absolute Gasteiger partial charge is 0.240 e. The van der Waals surface area contributed by atoms with Crippen LogP contribution in [0.1, 0.15) is 25.1 Å². The molecule has 21 heavy (non-hydrogen) atoms. The fourth-order valence-electron chi connectivity index (χ4n) is 2.16. The topological polar surface area (TPSA) is 103 Å². The second kappa shape index (κ2) is 5.97. The van der Waals surface area contributed by atoms with Gasteiger partial charge < -0.3 is 20.8 Å². The fraction of sp³-hybridized carbons (Fsp3) is 0.333. The van der Waals surface area contributed by atoms with E-state index in [0.717, 1.165) is 11.0 Å². The SMILES string of the molecule is CC(c1cc2ccccc2o1)N(C)C(=O)C(N)CC(N)=O. The predicted octanol–water partition coefficient (Wildman–Crippen LogP) is 1.15. The Hall–Kier alpha value is -2.34. The molecule has 0 aliphatic carbocycles. The van der Waals surface area contributed by atoms with Gasteiger partial charge in [0.15, 0.2) is 0 Å². The third kappa shape index (κ3) is 3.22. The number of carbonyl (C=O) groups is 2. The molecule has 2 atom stereocenters. The number of nitrogens with zero attached hydrogens (tertiary/aromatic N) is 1. The number of nitrogens with two attached hydrogens (primary N) is 2. The maximum Gasteiger partial charge on any atom is 0.240 e. The Labute approximate surface area is 122 Å². The standard InChI is InChI=1S/C15H19N3O3/c1-9(18(2)15(20)11(16)8-14(17)19)13-7-10-5-3-4-6-12(10)21-13/h3-7,9,11H,8,16H2,1-2H3,(H2,17,19). The van der Waals surface area contributed by atoms with E-state index in [1.54, 1.807) is 7.05 Å². The zero-order valence-corrected chi connectivity index (χ0v) is 12.1. The highest BCUT2D eigenvalue weighted by Gasteiger charge is 2.25. The van der Waals surface area contributed by atoms with Gasteiger partial charge in [0.25, 0.3) is 0 Å². The minimum absolute atomic E-state index is 0.171. The lowest BCUT2D eigenvalue weighted by Gasteiger charge is -2.25. The van der Waals surface area contributed by atoms with Crippen LogP contribution in [-0.2, 0) is 9.59 Å². The van der Waals surface area contributed by atoms with Gasteiger partial charge in [-0.1, -0.05) is 18.2 Å². The van der Waals surface area contributed by atoms with E-state index in [0.29, 0.717) is 5.76 Å². The van der Waals surface area contributed by atoms with Crippen LogP contribution < -0.4 is 11.5 Å². The molecule has 2 unspecified atom stereocenters. The largest absolute Gasteiger partial charge is 0.459 e. The molecule has 0 saturated heterocycles. The summed E-state index contributed by atoms with van der Waals surface area (Å²) in [6.07, 6.45) is -0.171. The van der Waals surface area contributed by atoms with Gasteiger partial charge in [-0.25, -0.2) is 0 Å². The van der Waals surface area contributed by atoms with Crippen LogP contribution in [0, 0.1) is 0 Å². The van der Waals surface area contributed by atoms with E-state index < -0.39 is 11.9 Å². The molecule has 0 fully saturated rings. The molecule has 4 N–H and O–H groups in total. The van der Waals surface area contributed by atoms with Crippen molar-refractivity contribution in [2.45, 2.75) is 25.4 Å². The Balaban J connectivity index is 2.16. The zero-order chi connectivity index (χ0) is 15.6. The molecule has 6 heteroatoms. The summed E-state index contributed by atoms with van der Waals surface area (Å²) < 4.78 is 5.74. The minimum atomic E-state index is -0.931. The molecule has 0 aliphatic heterocycles. The van der Waals surface area contributed by atoms with Crippen molar-refractivity contribution >= 4 is 22.8 Å². The van der Waals surface area contributed by atoms with Gasteiger partial charge in [0.2, 0.25) is 11.8 Å². The molecule has 1 aromatic carbocycles. The predicted molar refractivity (Wildman–Crippen MR) is 79.2 cm³/mol. The third-order valence-electron chi connectivity index (χ3n) is 3.52. The minimum Gasteiger partial charge on any atom is -0.459 e. The number of amides is 2. The van der Waals surface area contributed by atoms with Gasteiger partial charge >= 0.3 is 0 Å². The number of fused-ring (bicyclic) bond motifs is 1. The molecule has 1 heterocycles. The molecule has 0 saturated carbocycles. The fourth-order valence-corrected chi connectivity index (χ4v) is 2.16. The van der Waals surface area contributed by atoms with Crippen LogP contribution >= 0.6 is 0 Å². The highest BCUT2D eigenvalue weighted by molar-refractivity contribution is 5.87. The summed E-state index contributed by atoms with van der Waals surface area (Å²) in [6, 6.07) is 8.29. The average molecular weight is 289 g/mol. The highest BCUT2D eigenvalue weighted by atomic mass is 16.3. The maximum atomic E-state index is 12.2. The summed E-state index contributed by atoms with van der Waals surface area (Å²) >= 11 is 0. The zero-order valence-electron chi connectivity index (χ0n) is 12.1. The van der Waals surface area contributed by atoms with Crippen molar-refractivity contribution in [1.82, 2.24) is 4.90 Å². The summed E-state index contributed by atoms with van der Waals surface area (Å²) in [6.45, 7) is 1.84. The lowest BCUT2D eigenvalue weighted by molar-refractivity contribution is -0.135. The molecule has 112 valence electrons. The molecule has 0 radical (unpaired) electrons. The van der Waals surface area contributed by atoms with Gasteiger partial charge in [-0.2, -0.15) is 0 Å². The summed E-state index contributed by atoms with van der Waals surface area (Å²) in [4.78, 5) is 24.5. The van der Waals surface area contributed by atoms with E-state index in [-0.39, 0.29) is 18.4 Å². The molecule has 1 aromatic heterocycles. The van der Waals surface area contributed by atoms with Crippen molar-refractivity contribution in [3.05, 3.63) is 36.1 Å². The van der Waals surface area contributed by atoms with E-state index in [4.69, 9.17) is 15.9 Å². The van der Waals surface area contributed by atoms with Gasteiger partial charge in [0.05, 0.1) is 18.5 Å². The first-order chi connectivity index (χ1) is 9.90. The number of para-hydroxylation sites is 1. The average Bonchev–Trinajstić information content (AvgIpc) is 2.87. The molecule has 0 spiro atoms. The van der Waals surface area contributed by atoms with Gasteiger partial charge in [-0.3, -0.25) is 9.59 Å². The van der Waals surface area contributed by atoms with Gasteiger partial charge in [-0.15, -0.1) is 0 Å². The van der Waals surface area contributed by atoms with Crippen LogP contribution in [0.2, 0.25) is 0 Å². The lowest BCUT2D eigenvalue weighted by Crippen LogP contribution is -2.44. The normalized spacial score (nSPS) is 13.9. The second-order valence-electron chi connectivity index (χ2n) is 5.09. The molecule has 0 bridgehead atoms. The number of carbonyl (C=O) groups excluding carboxylic acids is 2. The maximum absolute atomic E-state index is 12.2. The Bertz CT molecular complexity index is 632. The van der Waals surface area contributed by atoms with Crippen molar-refractivity contribution in [2.75, 3.05) is 7.05 Å². The van der Waals surface area contributed by atoms with Crippen molar-refractivity contribution in [2.24, 2.45) is 11.5 Å². The molecular weight excluding hydrogens is 270 g/mol. The number of likely N-dealkylation sites (N-methyl/N-ethyl adjacent to an activating group) is 1. The first-order valence-electron chi connectivity index (χ1n) is 6.69. The van der Waals surface area contributed by atoms with E-state index in [1.165, 1.54) is 4.90 Å². The monoisotopic (exact) mass is 289 g/mol. The summed E-state index contributed by atoms with van der Waals surface area (Å²) in [5.41, 5.74) is 11.5. The van der Waals surface area contributed by atoms with Crippen molar-refractivity contribution in [3.63, 3.8) is 0 Å². The molecule has 2 rings (SSSR count). The van der Waals surface area contributed by atoms with E-state index >= 15 is 0 Å². The first kappa shape index (κ1) is 15.1. The Morgan fingerprint density at radius 2 is 2.00 bits per heavy atom. The Morgan fingerprint density at radius 1 is 1.33 bits per heavy atom. The van der Waals surface area contributed by atoms with Gasteiger partial charge in [0, 0.05) is 12.4 Å². The van der Waals surface area contributed by atoms with Crippen LogP contribution in [0.3, 0.4) is 0 Å². The quantitative estimate of drug-likeness (QED) is 0.861. The van der Waals surface area contributed by atoms with Crippen molar-refractivity contribution < 1.29 is 14.0 Å². The molecular formula is C15H19N3O3. The number of primary amides is 1. The summed E-state index contributed by atoms with van der Waals surface area (Å²) in [5, 5.41) is 0.974. The van der Waals surface area contributed by atoms with Crippen LogP contribution in [-0.4, -0.2) is 29.8 Å². The van der Waals surface area contributed by atoms with Gasteiger partial charge in [0.1, 0.15) is 11.3 Å². The van der Waals surface area contributed by atoms with Crippen LogP contribution in [0.15, 0.2) is 34.7 Å². The van der Waals surface area contributed by atoms with Crippen LogP contribution in [0.25, 0.3) is 11.0 Å². The Kier molecular flexibility index (Phi) is 4.28. The molecule has 6 nitrogen and oxygen atoms in total. The second-order valence-corrected chi connectivity index (χ2v) is 5.09. The summed E-state index contributed by atoms with van der Waals surface area (Å²) in [7, 11) is 1.63. The number of furan rings is 1. The highest BCUT2D eigenvalue weighted by Crippen LogP contribution is 2.26. The van der Waals surface area contributed by atoms with Crippen molar-refractivity contribution in [1.29, 1.82) is 0 Å². The molecule has 2 aromatic rings. The van der Waals surface area contributed by atoms with E-state index in [9.17, 15) is 9.59 Å². The Morgan fingerprint density at radius 3 is 2.62 bits per heavy atom.